The third-order valence-electron chi connectivity index (χ3n) is 3.19. The van der Waals surface area contributed by atoms with Crippen molar-refractivity contribution < 1.29 is 0 Å². The third kappa shape index (κ3) is 4.62. The molecule has 0 amide bonds. The van der Waals surface area contributed by atoms with Crippen LogP contribution in [0.1, 0.15) is 16.0 Å². The van der Waals surface area contributed by atoms with E-state index in [1.807, 2.05) is 0 Å². The number of rotatable bonds is 6. The summed E-state index contributed by atoms with van der Waals surface area (Å²) < 4.78 is 1.17. The van der Waals surface area contributed by atoms with Crippen LogP contribution in [0.5, 0.6) is 0 Å². The zero-order chi connectivity index (χ0) is 14.5. The summed E-state index contributed by atoms with van der Waals surface area (Å²) in [4.78, 5) is 3.67. The number of anilines is 1. The first-order valence-corrected chi connectivity index (χ1v) is 8.45. The van der Waals surface area contributed by atoms with Gasteiger partial charge in [0.05, 0.1) is 0 Å². The Kier molecular flexibility index (Phi) is 5.64. The fraction of sp³-hybridized carbons (Fsp3) is 0.375. The van der Waals surface area contributed by atoms with E-state index < -0.39 is 0 Å². The minimum atomic E-state index is 0.941. The Hall–Kier alpha value is -0.840. The lowest BCUT2D eigenvalue weighted by Gasteiger charge is -2.20. The maximum absolute atomic E-state index is 3.49. The SMILES string of the molecule is Cc1cc(C)cc(N(C)CCNCc2cc(Br)cs2)c1. The van der Waals surface area contributed by atoms with E-state index in [9.17, 15) is 0 Å². The molecule has 0 fully saturated rings. The van der Waals surface area contributed by atoms with Crippen molar-refractivity contribution in [3.8, 4) is 0 Å². The minimum absolute atomic E-state index is 0.941. The summed E-state index contributed by atoms with van der Waals surface area (Å²) in [5.74, 6) is 0. The van der Waals surface area contributed by atoms with Gasteiger partial charge in [-0.05, 0) is 59.1 Å². The van der Waals surface area contributed by atoms with Gasteiger partial charge in [-0.15, -0.1) is 11.3 Å². The second kappa shape index (κ2) is 7.25. The van der Waals surface area contributed by atoms with Crippen molar-refractivity contribution in [2.24, 2.45) is 0 Å². The monoisotopic (exact) mass is 352 g/mol. The average molecular weight is 353 g/mol. The van der Waals surface area contributed by atoms with Crippen LogP contribution in [0.15, 0.2) is 34.1 Å². The van der Waals surface area contributed by atoms with Gasteiger partial charge in [-0.25, -0.2) is 0 Å². The molecule has 0 bridgehead atoms. The second-order valence-electron chi connectivity index (χ2n) is 5.18. The van der Waals surface area contributed by atoms with E-state index in [1.54, 1.807) is 11.3 Å². The van der Waals surface area contributed by atoms with Crippen LogP contribution in [0.25, 0.3) is 0 Å². The van der Waals surface area contributed by atoms with Crippen molar-refractivity contribution in [2.75, 3.05) is 25.0 Å². The molecule has 0 aliphatic carbocycles. The van der Waals surface area contributed by atoms with Crippen LogP contribution in [0, 0.1) is 13.8 Å². The van der Waals surface area contributed by atoms with E-state index in [0.29, 0.717) is 0 Å². The molecular weight excluding hydrogens is 332 g/mol. The number of aryl methyl sites for hydroxylation is 2. The third-order valence-corrected chi connectivity index (χ3v) is 4.89. The quantitative estimate of drug-likeness (QED) is 0.777. The number of thiophene rings is 1. The normalized spacial score (nSPS) is 10.8. The molecule has 20 heavy (non-hydrogen) atoms. The molecule has 0 radical (unpaired) electrons. The smallest absolute Gasteiger partial charge is 0.0369 e. The van der Waals surface area contributed by atoms with Crippen molar-refractivity contribution in [3.63, 3.8) is 0 Å². The molecule has 0 aliphatic rings. The van der Waals surface area contributed by atoms with Crippen LogP contribution in [-0.2, 0) is 6.54 Å². The van der Waals surface area contributed by atoms with Gasteiger partial charge >= 0.3 is 0 Å². The fourth-order valence-corrected chi connectivity index (χ4v) is 3.63. The topological polar surface area (TPSA) is 15.3 Å². The summed E-state index contributed by atoms with van der Waals surface area (Å²) in [7, 11) is 2.15. The molecule has 2 nitrogen and oxygen atoms in total. The molecule has 0 saturated heterocycles. The highest BCUT2D eigenvalue weighted by molar-refractivity contribution is 9.10. The van der Waals surface area contributed by atoms with Crippen molar-refractivity contribution in [1.29, 1.82) is 0 Å². The van der Waals surface area contributed by atoms with Gasteiger partial charge in [-0.1, -0.05) is 6.07 Å². The Bertz CT molecular complexity index is 545. The zero-order valence-corrected chi connectivity index (χ0v) is 14.6. The molecule has 2 aromatic rings. The molecule has 4 heteroatoms. The summed E-state index contributed by atoms with van der Waals surface area (Å²) in [6.07, 6.45) is 0. The lowest BCUT2D eigenvalue weighted by atomic mass is 10.1. The van der Waals surface area contributed by atoms with Crippen molar-refractivity contribution in [1.82, 2.24) is 5.32 Å². The van der Waals surface area contributed by atoms with E-state index in [-0.39, 0.29) is 0 Å². The highest BCUT2D eigenvalue weighted by Gasteiger charge is 2.02. The summed E-state index contributed by atoms with van der Waals surface area (Å²) in [6, 6.07) is 8.86. The molecule has 1 heterocycles. The van der Waals surface area contributed by atoms with Crippen LogP contribution in [-0.4, -0.2) is 20.1 Å². The van der Waals surface area contributed by atoms with Crippen LogP contribution in [0.3, 0.4) is 0 Å². The highest BCUT2D eigenvalue weighted by Crippen LogP contribution is 2.19. The number of likely N-dealkylation sites (N-methyl/N-ethyl adjacent to an activating group) is 1. The van der Waals surface area contributed by atoms with Gasteiger partial charge in [-0.3, -0.25) is 0 Å². The van der Waals surface area contributed by atoms with E-state index in [1.165, 1.54) is 26.2 Å². The standard InChI is InChI=1S/C16H21BrN2S/c1-12-6-13(2)8-15(7-12)19(3)5-4-18-10-16-9-14(17)11-20-16/h6-9,11,18H,4-5,10H2,1-3H3. The Labute approximate surface area is 133 Å². The Morgan fingerprint density at radius 3 is 2.45 bits per heavy atom. The Balaban J connectivity index is 1.78. The van der Waals surface area contributed by atoms with Gasteiger partial charge in [0.1, 0.15) is 0 Å². The van der Waals surface area contributed by atoms with Crippen molar-refractivity contribution >= 4 is 33.0 Å². The van der Waals surface area contributed by atoms with Gasteiger partial charge in [-0.2, -0.15) is 0 Å². The molecule has 0 aliphatic heterocycles. The van der Waals surface area contributed by atoms with Gasteiger partial charge in [0.25, 0.3) is 0 Å². The first-order chi connectivity index (χ1) is 9.54. The van der Waals surface area contributed by atoms with Crippen LogP contribution >= 0.6 is 27.3 Å². The molecule has 0 saturated carbocycles. The van der Waals surface area contributed by atoms with Gasteiger partial charge in [0.15, 0.2) is 0 Å². The summed E-state index contributed by atoms with van der Waals surface area (Å²) in [6.45, 7) is 7.24. The number of nitrogens with zero attached hydrogens (tertiary/aromatic N) is 1. The lowest BCUT2D eigenvalue weighted by Crippen LogP contribution is -2.28. The van der Waals surface area contributed by atoms with Gasteiger partial charge in [0.2, 0.25) is 0 Å². The molecule has 0 spiro atoms. The van der Waals surface area contributed by atoms with E-state index >= 15 is 0 Å². The lowest BCUT2D eigenvalue weighted by molar-refractivity contribution is 0.685. The predicted octanol–water partition coefficient (Wildman–Crippen LogP) is 4.35. The molecule has 1 aromatic heterocycles. The van der Waals surface area contributed by atoms with Crippen LogP contribution in [0.2, 0.25) is 0 Å². The molecule has 108 valence electrons. The number of hydrogen-bond donors (Lipinski definition) is 1. The molecule has 0 unspecified atom stereocenters. The van der Waals surface area contributed by atoms with Crippen LogP contribution < -0.4 is 10.2 Å². The van der Waals surface area contributed by atoms with Gasteiger partial charge < -0.3 is 10.2 Å². The molecule has 2 rings (SSSR count). The maximum atomic E-state index is 3.49. The number of nitrogens with one attached hydrogen (secondary N) is 1. The zero-order valence-electron chi connectivity index (χ0n) is 12.2. The largest absolute Gasteiger partial charge is 0.373 e. The number of hydrogen-bond acceptors (Lipinski definition) is 3. The maximum Gasteiger partial charge on any atom is 0.0369 e. The number of halogens is 1. The molecule has 1 aromatic carbocycles. The summed E-state index contributed by atoms with van der Waals surface area (Å²) in [5, 5.41) is 5.62. The average Bonchev–Trinajstić information content (AvgIpc) is 2.79. The van der Waals surface area contributed by atoms with Gasteiger partial charge in [0, 0.05) is 47.1 Å². The Morgan fingerprint density at radius 2 is 1.85 bits per heavy atom. The second-order valence-corrected chi connectivity index (χ2v) is 7.09. The van der Waals surface area contributed by atoms with E-state index in [0.717, 1.165) is 19.6 Å². The molecule has 0 atom stereocenters. The number of benzene rings is 1. The molecular formula is C16H21BrN2S. The first-order valence-electron chi connectivity index (χ1n) is 6.77. The summed E-state index contributed by atoms with van der Waals surface area (Å²) >= 11 is 5.27. The first kappa shape index (κ1) is 15.5. The van der Waals surface area contributed by atoms with E-state index in [4.69, 9.17) is 0 Å². The summed E-state index contributed by atoms with van der Waals surface area (Å²) in [5.41, 5.74) is 3.94. The van der Waals surface area contributed by atoms with E-state index in [2.05, 4.69) is 76.7 Å². The highest BCUT2D eigenvalue weighted by atomic mass is 79.9. The fourth-order valence-electron chi connectivity index (χ4n) is 2.20. The van der Waals surface area contributed by atoms with Crippen molar-refractivity contribution in [2.45, 2.75) is 20.4 Å². The Morgan fingerprint density at radius 1 is 1.15 bits per heavy atom. The van der Waals surface area contributed by atoms with Crippen molar-refractivity contribution in [3.05, 3.63) is 50.1 Å². The van der Waals surface area contributed by atoms with Crippen LogP contribution in [0.4, 0.5) is 5.69 Å². The molecule has 1 N–H and O–H groups in total. The minimum Gasteiger partial charge on any atom is -0.373 e. The predicted molar refractivity (Wildman–Crippen MR) is 92.9 cm³/mol.